The summed E-state index contributed by atoms with van der Waals surface area (Å²) in [6, 6.07) is 7.51. The summed E-state index contributed by atoms with van der Waals surface area (Å²) in [4.78, 5) is 23.7. The molecule has 0 saturated heterocycles. The molecular formula is C17H20INO3. The fourth-order valence-corrected chi connectivity index (χ4v) is 4.35. The summed E-state index contributed by atoms with van der Waals surface area (Å²) >= 11 is 2.18. The van der Waals surface area contributed by atoms with E-state index in [2.05, 4.69) is 27.9 Å². The van der Waals surface area contributed by atoms with Crippen molar-refractivity contribution < 1.29 is 14.3 Å². The number of esters is 1. The van der Waals surface area contributed by atoms with Crippen molar-refractivity contribution in [1.82, 2.24) is 0 Å². The standard InChI is InChI=1S/C17H20INO3/c18-14-2-1-3-15(9-14)19-16(20)10-22-17(21)8-13-7-11-4-5-12(13)6-11/h1-3,9,11-13H,4-8,10H2,(H,19,20)/t11-,12-,13+/m1/s1. The molecule has 0 unspecified atom stereocenters. The van der Waals surface area contributed by atoms with Crippen molar-refractivity contribution in [2.75, 3.05) is 11.9 Å². The van der Waals surface area contributed by atoms with Gasteiger partial charge in [-0.2, -0.15) is 0 Å². The topological polar surface area (TPSA) is 55.4 Å². The number of hydrogen-bond acceptors (Lipinski definition) is 3. The van der Waals surface area contributed by atoms with E-state index >= 15 is 0 Å². The van der Waals surface area contributed by atoms with E-state index in [-0.39, 0.29) is 18.5 Å². The molecule has 1 aromatic carbocycles. The molecule has 0 heterocycles. The van der Waals surface area contributed by atoms with Crippen LogP contribution in [0.3, 0.4) is 0 Å². The fraction of sp³-hybridized carbons (Fsp3) is 0.529. The van der Waals surface area contributed by atoms with E-state index < -0.39 is 0 Å². The quantitative estimate of drug-likeness (QED) is 0.593. The van der Waals surface area contributed by atoms with Gasteiger partial charge in [0.2, 0.25) is 0 Å². The van der Waals surface area contributed by atoms with Crippen molar-refractivity contribution in [2.45, 2.75) is 32.1 Å². The Labute approximate surface area is 144 Å². The van der Waals surface area contributed by atoms with E-state index in [9.17, 15) is 9.59 Å². The van der Waals surface area contributed by atoms with Gasteiger partial charge in [-0.25, -0.2) is 0 Å². The third-order valence-electron chi connectivity index (χ3n) is 4.79. The van der Waals surface area contributed by atoms with Gasteiger partial charge in [0.25, 0.3) is 5.91 Å². The zero-order chi connectivity index (χ0) is 15.5. The molecule has 0 radical (unpaired) electrons. The molecule has 3 atom stereocenters. The number of hydrogen-bond donors (Lipinski definition) is 1. The van der Waals surface area contributed by atoms with Crippen LogP contribution in [-0.2, 0) is 14.3 Å². The zero-order valence-corrected chi connectivity index (χ0v) is 14.5. The lowest BCUT2D eigenvalue weighted by molar-refractivity contribution is -0.148. The van der Waals surface area contributed by atoms with E-state index in [0.29, 0.717) is 18.3 Å². The minimum Gasteiger partial charge on any atom is -0.456 e. The predicted molar refractivity (Wildman–Crippen MR) is 92.3 cm³/mol. The maximum absolute atomic E-state index is 11.9. The summed E-state index contributed by atoms with van der Waals surface area (Å²) in [7, 11) is 0. The molecule has 4 nitrogen and oxygen atoms in total. The van der Waals surface area contributed by atoms with Crippen molar-refractivity contribution in [3.8, 4) is 0 Å². The van der Waals surface area contributed by atoms with Gasteiger partial charge in [0.15, 0.2) is 6.61 Å². The first kappa shape index (κ1) is 15.8. The van der Waals surface area contributed by atoms with Gasteiger partial charge in [0, 0.05) is 15.7 Å². The van der Waals surface area contributed by atoms with Gasteiger partial charge >= 0.3 is 5.97 Å². The maximum atomic E-state index is 11.9. The minimum absolute atomic E-state index is 0.203. The van der Waals surface area contributed by atoms with Crippen LogP contribution in [-0.4, -0.2) is 18.5 Å². The van der Waals surface area contributed by atoms with Crippen LogP contribution in [0, 0.1) is 21.3 Å². The number of anilines is 1. The van der Waals surface area contributed by atoms with Crippen LogP contribution < -0.4 is 5.32 Å². The van der Waals surface area contributed by atoms with Crippen molar-refractivity contribution in [3.05, 3.63) is 27.8 Å². The summed E-state index contributed by atoms with van der Waals surface area (Å²) in [5.74, 6) is 1.48. The summed E-state index contributed by atoms with van der Waals surface area (Å²) in [6.07, 6.45) is 5.50. The molecule has 1 aromatic rings. The molecule has 0 spiro atoms. The van der Waals surface area contributed by atoms with Gasteiger partial charge < -0.3 is 10.1 Å². The molecule has 118 valence electrons. The first-order valence-electron chi connectivity index (χ1n) is 7.81. The summed E-state index contributed by atoms with van der Waals surface area (Å²) in [6.45, 7) is -0.203. The Morgan fingerprint density at radius 2 is 2.14 bits per heavy atom. The average molecular weight is 413 g/mol. The van der Waals surface area contributed by atoms with Crippen molar-refractivity contribution in [2.24, 2.45) is 17.8 Å². The number of amides is 1. The molecule has 1 amide bonds. The van der Waals surface area contributed by atoms with E-state index in [4.69, 9.17) is 4.74 Å². The number of benzene rings is 1. The van der Waals surface area contributed by atoms with Crippen LogP contribution in [0.1, 0.15) is 32.1 Å². The normalized spacial score (nSPS) is 26.0. The predicted octanol–water partition coefficient (Wildman–Crippen LogP) is 3.60. The lowest BCUT2D eigenvalue weighted by Gasteiger charge is -2.20. The number of rotatable bonds is 5. The van der Waals surface area contributed by atoms with Gasteiger partial charge in [-0.05, 0) is 77.8 Å². The van der Waals surface area contributed by atoms with E-state index in [1.165, 1.54) is 19.3 Å². The molecule has 5 heteroatoms. The van der Waals surface area contributed by atoms with Gasteiger partial charge in [0.05, 0.1) is 0 Å². The number of nitrogens with one attached hydrogen (secondary N) is 1. The number of carbonyl (C=O) groups is 2. The van der Waals surface area contributed by atoms with Crippen LogP contribution in [0.4, 0.5) is 5.69 Å². The first-order valence-corrected chi connectivity index (χ1v) is 8.89. The van der Waals surface area contributed by atoms with Crippen molar-refractivity contribution >= 4 is 40.2 Å². The van der Waals surface area contributed by atoms with Gasteiger partial charge in [-0.1, -0.05) is 12.5 Å². The average Bonchev–Trinajstić information content (AvgIpc) is 3.08. The second kappa shape index (κ2) is 6.98. The Kier molecular flexibility index (Phi) is 5.00. The molecular weight excluding hydrogens is 393 g/mol. The highest BCUT2D eigenvalue weighted by Crippen LogP contribution is 2.49. The Bertz CT molecular complexity index is 575. The van der Waals surface area contributed by atoms with E-state index in [1.807, 2.05) is 24.3 Å². The monoisotopic (exact) mass is 413 g/mol. The molecule has 2 aliphatic carbocycles. The molecule has 3 rings (SSSR count). The third kappa shape index (κ3) is 4.00. The molecule has 2 saturated carbocycles. The Hall–Kier alpha value is -1.11. The lowest BCUT2D eigenvalue weighted by Crippen LogP contribution is -2.23. The Balaban J connectivity index is 1.40. The van der Waals surface area contributed by atoms with Crippen molar-refractivity contribution in [3.63, 3.8) is 0 Å². The van der Waals surface area contributed by atoms with Gasteiger partial charge in [-0.15, -0.1) is 0 Å². The molecule has 2 bridgehead atoms. The SMILES string of the molecule is O=C(COC(=O)C[C@@H]1C[C@@H]2CC[C@@H]1C2)Nc1cccc(I)c1. The second-order valence-electron chi connectivity index (χ2n) is 6.36. The molecule has 1 N–H and O–H groups in total. The zero-order valence-electron chi connectivity index (χ0n) is 12.4. The Morgan fingerprint density at radius 1 is 1.27 bits per heavy atom. The summed E-state index contributed by atoms with van der Waals surface area (Å²) in [5.41, 5.74) is 0.723. The van der Waals surface area contributed by atoms with Crippen LogP contribution in [0.2, 0.25) is 0 Å². The first-order chi connectivity index (χ1) is 10.6. The van der Waals surface area contributed by atoms with Gasteiger partial charge in [0.1, 0.15) is 0 Å². The molecule has 22 heavy (non-hydrogen) atoms. The van der Waals surface area contributed by atoms with E-state index in [0.717, 1.165) is 21.6 Å². The second-order valence-corrected chi connectivity index (χ2v) is 7.60. The molecule has 0 aliphatic heterocycles. The van der Waals surface area contributed by atoms with Crippen LogP contribution in [0.25, 0.3) is 0 Å². The number of ether oxygens (including phenoxy) is 1. The van der Waals surface area contributed by atoms with E-state index in [1.54, 1.807) is 0 Å². The maximum Gasteiger partial charge on any atom is 0.306 e. The smallest absolute Gasteiger partial charge is 0.306 e. The van der Waals surface area contributed by atoms with Crippen molar-refractivity contribution in [1.29, 1.82) is 0 Å². The Morgan fingerprint density at radius 3 is 2.82 bits per heavy atom. The molecule has 0 aromatic heterocycles. The minimum atomic E-state index is -0.289. The highest BCUT2D eigenvalue weighted by molar-refractivity contribution is 14.1. The molecule has 2 aliphatic rings. The highest BCUT2D eigenvalue weighted by atomic mass is 127. The molecule has 2 fully saturated rings. The van der Waals surface area contributed by atoms with Crippen LogP contribution in [0.5, 0.6) is 0 Å². The van der Waals surface area contributed by atoms with Crippen LogP contribution >= 0.6 is 22.6 Å². The summed E-state index contributed by atoms with van der Waals surface area (Å²) < 4.78 is 6.17. The lowest BCUT2D eigenvalue weighted by atomic mass is 9.86. The summed E-state index contributed by atoms with van der Waals surface area (Å²) in [5, 5.41) is 2.74. The number of halogens is 1. The third-order valence-corrected chi connectivity index (χ3v) is 5.46. The van der Waals surface area contributed by atoms with Crippen LogP contribution in [0.15, 0.2) is 24.3 Å². The van der Waals surface area contributed by atoms with Gasteiger partial charge in [-0.3, -0.25) is 9.59 Å². The fourth-order valence-electron chi connectivity index (χ4n) is 3.81. The number of carbonyl (C=O) groups excluding carboxylic acids is 2. The largest absolute Gasteiger partial charge is 0.456 e. The highest BCUT2D eigenvalue weighted by Gasteiger charge is 2.40. The number of fused-ring (bicyclic) bond motifs is 2.